The summed E-state index contributed by atoms with van der Waals surface area (Å²) in [5.74, 6) is 1.11. The van der Waals surface area contributed by atoms with E-state index in [0.717, 1.165) is 31.7 Å². The highest BCUT2D eigenvalue weighted by Crippen LogP contribution is 2.25. The molecule has 1 fully saturated rings. The quantitative estimate of drug-likeness (QED) is 0.698. The van der Waals surface area contributed by atoms with Gasteiger partial charge in [0, 0.05) is 18.5 Å². The number of rotatable bonds is 7. The van der Waals surface area contributed by atoms with Gasteiger partial charge in [-0.15, -0.1) is 0 Å². The monoisotopic (exact) mass is 226 g/mol. The Labute approximate surface area is 99.2 Å². The summed E-state index contributed by atoms with van der Waals surface area (Å²) >= 11 is 0. The van der Waals surface area contributed by atoms with Gasteiger partial charge in [0.05, 0.1) is 0 Å². The fraction of sp³-hybridized carbons (Fsp3) is 0.923. The van der Waals surface area contributed by atoms with Crippen LogP contribution in [-0.2, 0) is 4.79 Å². The summed E-state index contributed by atoms with van der Waals surface area (Å²) in [5.41, 5.74) is 5.68. The second-order valence-electron chi connectivity index (χ2n) is 5.35. The molecule has 1 amide bonds. The number of carbonyl (C=O) groups is 1. The molecule has 3 nitrogen and oxygen atoms in total. The smallest absolute Gasteiger partial charge is 0.222 e. The summed E-state index contributed by atoms with van der Waals surface area (Å²) in [6.07, 6.45) is 6.94. The van der Waals surface area contributed by atoms with Gasteiger partial charge in [0.15, 0.2) is 0 Å². The molecule has 16 heavy (non-hydrogen) atoms. The Kier molecular flexibility index (Phi) is 5.81. The Morgan fingerprint density at radius 3 is 2.56 bits per heavy atom. The number of amides is 1. The predicted molar refractivity (Wildman–Crippen MR) is 67.0 cm³/mol. The highest BCUT2D eigenvalue weighted by Gasteiger charge is 2.19. The van der Waals surface area contributed by atoms with Gasteiger partial charge in [0.1, 0.15) is 0 Å². The minimum Gasteiger partial charge on any atom is -0.356 e. The van der Waals surface area contributed by atoms with E-state index in [0.29, 0.717) is 0 Å². The maximum absolute atomic E-state index is 11.7. The Morgan fingerprint density at radius 1 is 1.38 bits per heavy atom. The molecule has 1 rings (SSSR count). The van der Waals surface area contributed by atoms with Crippen molar-refractivity contribution >= 4 is 5.91 Å². The van der Waals surface area contributed by atoms with Crippen molar-refractivity contribution in [3.05, 3.63) is 0 Å². The van der Waals surface area contributed by atoms with Crippen molar-refractivity contribution < 1.29 is 4.79 Å². The van der Waals surface area contributed by atoms with Crippen molar-refractivity contribution in [1.82, 2.24) is 5.32 Å². The summed E-state index contributed by atoms with van der Waals surface area (Å²) in [5, 5.41) is 3.05. The average Bonchev–Trinajstić information content (AvgIpc) is 2.14. The maximum Gasteiger partial charge on any atom is 0.222 e. The van der Waals surface area contributed by atoms with Gasteiger partial charge in [-0.25, -0.2) is 0 Å². The number of hydrogen-bond donors (Lipinski definition) is 2. The Hall–Kier alpha value is -0.570. The van der Waals surface area contributed by atoms with Crippen molar-refractivity contribution in [2.45, 2.75) is 58.4 Å². The van der Waals surface area contributed by atoms with Gasteiger partial charge in [-0.2, -0.15) is 0 Å². The van der Waals surface area contributed by atoms with Crippen LogP contribution in [0, 0.1) is 11.8 Å². The summed E-state index contributed by atoms with van der Waals surface area (Å²) in [6, 6.07) is 0.255. The van der Waals surface area contributed by atoms with Gasteiger partial charge in [-0.3, -0.25) is 4.79 Å². The van der Waals surface area contributed by atoms with Crippen LogP contribution < -0.4 is 11.1 Å². The van der Waals surface area contributed by atoms with Crippen LogP contribution in [0.5, 0.6) is 0 Å². The summed E-state index contributed by atoms with van der Waals surface area (Å²) in [7, 11) is 0. The number of nitrogens with one attached hydrogen (secondary N) is 1. The molecule has 0 aliphatic heterocycles. The molecule has 94 valence electrons. The van der Waals surface area contributed by atoms with Crippen molar-refractivity contribution in [3.63, 3.8) is 0 Å². The van der Waals surface area contributed by atoms with E-state index >= 15 is 0 Å². The van der Waals surface area contributed by atoms with Crippen molar-refractivity contribution in [2.24, 2.45) is 17.6 Å². The lowest BCUT2D eigenvalue weighted by atomic mass is 9.85. The minimum absolute atomic E-state index is 0.138. The molecule has 0 spiro atoms. The second kappa shape index (κ2) is 6.89. The SMILES string of the molecule is CC(N)CCCC(C)C(=O)NCC1CCC1. The largest absolute Gasteiger partial charge is 0.356 e. The standard InChI is InChI=1S/C13H26N2O/c1-10(5-3-6-11(2)14)13(16)15-9-12-7-4-8-12/h10-12H,3-9,14H2,1-2H3,(H,15,16). The van der Waals surface area contributed by atoms with E-state index in [1.165, 1.54) is 19.3 Å². The minimum atomic E-state index is 0.138. The Bertz CT molecular complexity index is 212. The van der Waals surface area contributed by atoms with E-state index in [9.17, 15) is 4.79 Å². The van der Waals surface area contributed by atoms with Gasteiger partial charge in [-0.1, -0.05) is 19.8 Å². The summed E-state index contributed by atoms with van der Waals surface area (Å²) in [6.45, 7) is 4.91. The lowest BCUT2D eigenvalue weighted by molar-refractivity contribution is -0.125. The first kappa shape index (κ1) is 13.5. The van der Waals surface area contributed by atoms with Crippen LogP contribution in [0.2, 0.25) is 0 Å². The zero-order valence-corrected chi connectivity index (χ0v) is 10.7. The van der Waals surface area contributed by atoms with Gasteiger partial charge in [0.25, 0.3) is 0 Å². The molecule has 1 aliphatic carbocycles. The number of nitrogens with two attached hydrogens (primary N) is 1. The van der Waals surface area contributed by atoms with Crippen LogP contribution in [0.15, 0.2) is 0 Å². The topological polar surface area (TPSA) is 55.1 Å². The van der Waals surface area contributed by atoms with Gasteiger partial charge in [0.2, 0.25) is 5.91 Å². The zero-order chi connectivity index (χ0) is 12.0. The van der Waals surface area contributed by atoms with E-state index in [4.69, 9.17) is 5.73 Å². The predicted octanol–water partition coefficient (Wildman–Crippen LogP) is 2.06. The van der Waals surface area contributed by atoms with Crippen molar-refractivity contribution in [1.29, 1.82) is 0 Å². The lowest BCUT2D eigenvalue weighted by Crippen LogP contribution is -2.35. The third-order valence-corrected chi connectivity index (χ3v) is 3.53. The molecule has 3 N–H and O–H groups in total. The van der Waals surface area contributed by atoms with Crippen LogP contribution in [0.1, 0.15) is 52.4 Å². The fourth-order valence-electron chi connectivity index (χ4n) is 1.99. The fourth-order valence-corrected chi connectivity index (χ4v) is 1.99. The van der Waals surface area contributed by atoms with E-state index in [2.05, 4.69) is 5.32 Å². The van der Waals surface area contributed by atoms with Crippen LogP contribution in [0.3, 0.4) is 0 Å². The first-order chi connectivity index (χ1) is 7.59. The normalized spacial score (nSPS) is 19.9. The Balaban J connectivity index is 2.04. The van der Waals surface area contributed by atoms with E-state index in [1.54, 1.807) is 0 Å². The molecule has 0 aromatic carbocycles. The highest BCUT2D eigenvalue weighted by molar-refractivity contribution is 5.78. The first-order valence-electron chi connectivity index (χ1n) is 6.63. The third-order valence-electron chi connectivity index (χ3n) is 3.53. The molecule has 3 heteroatoms. The van der Waals surface area contributed by atoms with Gasteiger partial charge in [-0.05, 0) is 38.5 Å². The molecule has 2 atom stereocenters. The molecule has 1 aliphatic rings. The van der Waals surface area contributed by atoms with E-state index in [-0.39, 0.29) is 17.9 Å². The third kappa shape index (κ3) is 4.97. The van der Waals surface area contributed by atoms with Crippen LogP contribution in [0.4, 0.5) is 0 Å². The zero-order valence-electron chi connectivity index (χ0n) is 10.7. The molecule has 0 heterocycles. The highest BCUT2D eigenvalue weighted by atomic mass is 16.1. The molecule has 0 aromatic heterocycles. The average molecular weight is 226 g/mol. The molecular weight excluding hydrogens is 200 g/mol. The maximum atomic E-state index is 11.7. The first-order valence-corrected chi connectivity index (χ1v) is 6.63. The van der Waals surface area contributed by atoms with Gasteiger partial charge < -0.3 is 11.1 Å². The van der Waals surface area contributed by atoms with Crippen molar-refractivity contribution in [3.8, 4) is 0 Å². The molecule has 1 saturated carbocycles. The van der Waals surface area contributed by atoms with Crippen LogP contribution in [0.25, 0.3) is 0 Å². The molecule has 0 saturated heterocycles. The van der Waals surface area contributed by atoms with E-state index < -0.39 is 0 Å². The molecular formula is C13H26N2O. The number of hydrogen-bond acceptors (Lipinski definition) is 2. The Morgan fingerprint density at radius 2 is 2.06 bits per heavy atom. The van der Waals surface area contributed by atoms with Crippen LogP contribution in [-0.4, -0.2) is 18.5 Å². The van der Waals surface area contributed by atoms with Crippen molar-refractivity contribution in [2.75, 3.05) is 6.54 Å². The molecule has 0 bridgehead atoms. The summed E-state index contributed by atoms with van der Waals surface area (Å²) < 4.78 is 0. The molecule has 2 unspecified atom stereocenters. The van der Waals surface area contributed by atoms with Gasteiger partial charge >= 0.3 is 0 Å². The summed E-state index contributed by atoms with van der Waals surface area (Å²) in [4.78, 5) is 11.7. The van der Waals surface area contributed by atoms with Crippen LogP contribution >= 0.6 is 0 Å². The van der Waals surface area contributed by atoms with E-state index in [1.807, 2.05) is 13.8 Å². The number of carbonyl (C=O) groups excluding carboxylic acids is 1. The lowest BCUT2D eigenvalue weighted by Gasteiger charge is -2.26. The molecule has 0 aromatic rings. The molecule has 0 radical (unpaired) electrons. The second-order valence-corrected chi connectivity index (χ2v) is 5.35.